The predicted molar refractivity (Wildman–Crippen MR) is 134 cm³/mol. The van der Waals surface area contributed by atoms with Gasteiger partial charge in [0.25, 0.3) is 0 Å². The van der Waals surface area contributed by atoms with Gasteiger partial charge in [-0.15, -0.1) is 24.2 Å². The minimum absolute atomic E-state index is 0. The van der Waals surface area contributed by atoms with Crippen molar-refractivity contribution in [2.75, 3.05) is 37.8 Å². The van der Waals surface area contributed by atoms with Crippen LogP contribution in [0.15, 0.2) is 41.3 Å². The number of rotatable bonds is 9. The summed E-state index contributed by atoms with van der Waals surface area (Å²) in [6.45, 7) is 5.74. The Labute approximate surface area is 198 Å². The molecule has 1 heterocycles. The number of hydrogen-bond donors (Lipinski definition) is 0. The van der Waals surface area contributed by atoms with Crippen LogP contribution in [0.3, 0.4) is 0 Å². The summed E-state index contributed by atoms with van der Waals surface area (Å²) in [4.78, 5) is 22.8. The number of anilines is 1. The van der Waals surface area contributed by atoms with Crippen LogP contribution in [0.25, 0.3) is 10.2 Å². The molecule has 0 spiro atoms. The van der Waals surface area contributed by atoms with Gasteiger partial charge in [0.15, 0.2) is 5.13 Å². The molecule has 1 amide bonds. The van der Waals surface area contributed by atoms with Gasteiger partial charge in [-0.2, -0.15) is 0 Å². The topological polar surface area (TPSA) is 36.4 Å². The van der Waals surface area contributed by atoms with Gasteiger partial charge in [-0.05, 0) is 88.4 Å². The van der Waals surface area contributed by atoms with E-state index in [4.69, 9.17) is 4.98 Å². The van der Waals surface area contributed by atoms with Crippen molar-refractivity contribution in [3.8, 4) is 0 Å². The maximum atomic E-state index is 13.1. The lowest BCUT2D eigenvalue weighted by Crippen LogP contribution is -2.33. The summed E-state index contributed by atoms with van der Waals surface area (Å²) in [5, 5.41) is 0.769. The van der Waals surface area contributed by atoms with Gasteiger partial charge in [0.05, 0.1) is 10.2 Å². The number of thioether (sulfide) groups is 1. The number of fused-ring (bicyclic) bond motifs is 1. The second-order valence-electron chi connectivity index (χ2n) is 7.66. The van der Waals surface area contributed by atoms with E-state index >= 15 is 0 Å². The van der Waals surface area contributed by atoms with E-state index in [1.807, 2.05) is 19.0 Å². The number of nitrogens with zero attached hydrogens (tertiary/aromatic N) is 3. The molecule has 3 rings (SSSR count). The van der Waals surface area contributed by atoms with E-state index in [1.165, 1.54) is 23.3 Å². The number of amides is 1. The number of hydrogen-bond acceptors (Lipinski definition) is 5. The highest BCUT2D eigenvalue weighted by molar-refractivity contribution is 7.99. The van der Waals surface area contributed by atoms with Crippen molar-refractivity contribution in [1.29, 1.82) is 0 Å². The Hall–Kier alpha value is -1.67. The van der Waals surface area contributed by atoms with E-state index in [0.29, 0.717) is 18.7 Å². The van der Waals surface area contributed by atoms with Gasteiger partial charge in [-0.3, -0.25) is 9.69 Å². The van der Waals surface area contributed by atoms with Crippen molar-refractivity contribution in [3.63, 3.8) is 0 Å². The maximum absolute atomic E-state index is 13.1. The summed E-state index contributed by atoms with van der Waals surface area (Å²) in [5.74, 6) is 0.484. The lowest BCUT2D eigenvalue weighted by atomic mass is 10.1. The number of thiazole rings is 1. The molecular weight excluding hydrogens is 453 g/mol. The second-order valence-corrected chi connectivity index (χ2v) is 9.83. The SMILES string of the molecule is Cc1cc2nc(N(CCCN(C)C)C(=O)CCSc3ccc(F)cc3)sc2cc1C.Cl. The van der Waals surface area contributed by atoms with Crippen LogP contribution in [0.1, 0.15) is 24.0 Å². The van der Waals surface area contributed by atoms with Crippen LogP contribution in [0, 0.1) is 19.7 Å². The Kier molecular flexibility index (Phi) is 9.75. The van der Waals surface area contributed by atoms with E-state index in [0.717, 1.165) is 33.2 Å². The van der Waals surface area contributed by atoms with Gasteiger partial charge in [-0.1, -0.05) is 11.3 Å². The van der Waals surface area contributed by atoms with Crippen molar-refractivity contribution in [2.24, 2.45) is 0 Å². The number of aryl methyl sites for hydroxylation is 2. The fourth-order valence-corrected chi connectivity index (χ4v) is 5.01. The molecule has 4 nitrogen and oxygen atoms in total. The fourth-order valence-electron chi connectivity index (χ4n) is 3.08. The van der Waals surface area contributed by atoms with Crippen LogP contribution < -0.4 is 4.90 Å². The lowest BCUT2D eigenvalue weighted by Gasteiger charge is -2.21. The average Bonchev–Trinajstić information content (AvgIpc) is 3.09. The number of carbonyl (C=O) groups is 1. The quantitative estimate of drug-likeness (QED) is 0.354. The molecule has 8 heteroatoms. The smallest absolute Gasteiger partial charge is 0.229 e. The van der Waals surface area contributed by atoms with Gasteiger partial charge >= 0.3 is 0 Å². The van der Waals surface area contributed by atoms with Gasteiger partial charge in [0.1, 0.15) is 5.82 Å². The first-order valence-electron chi connectivity index (χ1n) is 10.0. The Bertz CT molecular complexity index is 969. The number of benzene rings is 2. The zero-order valence-electron chi connectivity index (χ0n) is 18.4. The van der Waals surface area contributed by atoms with E-state index < -0.39 is 0 Å². The number of aromatic nitrogens is 1. The van der Waals surface area contributed by atoms with Gasteiger partial charge in [0.2, 0.25) is 5.91 Å². The molecule has 0 fully saturated rings. The van der Waals surface area contributed by atoms with Gasteiger partial charge < -0.3 is 4.90 Å². The van der Waals surface area contributed by atoms with E-state index in [1.54, 1.807) is 35.2 Å². The van der Waals surface area contributed by atoms with Crippen molar-refractivity contribution < 1.29 is 9.18 Å². The molecule has 0 radical (unpaired) electrons. The molecule has 0 aliphatic heterocycles. The largest absolute Gasteiger partial charge is 0.309 e. The van der Waals surface area contributed by atoms with Crippen molar-refractivity contribution in [2.45, 2.75) is 31.6 Å². The van der Waals surface area contributed by atoms with Crippen LogP contribution in [-0.2, 0) is 4.79 Å². The highest BCUT2D eigenvalue weighted by Gasteiger charge is 2.20. The molecule has 0 saturated heterocycles. The van der Waals surface area contributed by atoms with Crippen LogP contribution in [-0.4, -0.2) is 48.7 Å². The summed E-state index contributed by atoms with van der Waals surface area (Å²) in [5.41, 5.74) is 3.39. The molecule has 0 N–H and O–H groups in total. The molecule has 31 heavy (non-hydrogen) atoms. The molecule has 3 aromatic rings. The monoisotopic (exact) mass is 481 g/mol. The lowest BCUT2D eigenvalue weighted by molar-refractivity contribution is -0.118. The summed E-state index contributed by atoms with van der Waals surface area (Å²) in [6, 6.07) is 10.6. The molecule has 0 saturated carbocycles. The highest BCUT2D eigenvalue weighted by atomic mass is 35.5. The standard InChI is InChI=1S/C23H28FN3OS2.ClH/c1-16-14-20-21(15-17(16)2)30-23(25-20)27(12-5-11-26(3)4)22(28)10-13-29-19-8-6-18(24)7-9-19;/h6-9,14-15H,5,10-13H2,1-4H3;1H. The van der Waals surface area contributed by atoms with Crippen LogP contribution in [0.5, 0.6) is 0 Å². The Balaban J connectivity index is 0.00000341. The van der Waals surface area contributed by atoms with Crippen molar-refractivity contribution in [1.82, 2.24) is 9.88 Å². The van der Waals surface area contributed by atoms with E-state index in [9.17, 15) is 9.18 Å². The van der Waals surface area contributed by atoms with E-state index in [2.05, 4.69) is 30.9 Å². The third-order valence-electron chi connectivity index (χ3n) is 4.91. The zero-order chi connectivity index (χ0) is 21.7. The molecule has 0 aliphatic rings. The summed E-state index contributed by atoms with van der Waals surface area (Å²) >= 11 is 3.15. The van der Waals surface area contributed by atoms with Gasteiger partial charge in [-0.25, -0.2) is 9.37 Å². The second kappa shape index (κ2) is 11.8. The first-order chi connectivity index (χ1) is 14.3. The van der Waals surface area contributed by atoms with Gasteiger partial charge in [0, 0.05) is 23.6 Å². The fraction of sp³-hybridized carbons (Fsp3) is 0.391. The van der Waals surface area contributed by atoms with Crippen LogP contribution in [0.2, 0.25) is 0 Å². The number of halogens is 2. The Morgan fingerprint density at radius 2 is 1.77 bits per heavy atom. The molecule has 0 atom stereocenters. The molecule has 0 bridgehead atoms. The molecule has 0 unspecified atom stereocenters. The highest BCUT2D eigenvalue weighted by Crippen LogP contribution is 2.31. The maximum Gasteiger partial charge on any atom is 0.229 e. The van der Waals surface area contributed by atoms with Crippen molar-refractivity contribution in [3.05, 3.63) is 53.3 Å². The Morgan fingerprint density at radius 3 is 2.45 bits per heavy atom. The minimum Gasteiger partial charge on any atom is -0.309 e. The summed E-state index contributed by atoms with van der Waals surface area (Å²) in [6.07, 6.45) is 1.30. The van der Waals surface area contributed by atoms with Crippen LogP contribution in [0.4, 0.5) is 9.52 Å². The third-order valence-corrected chi connectivity index (χ3v) is 6.96. The first-order valence-corrected chi connectivity index (χ1v) is 11.8. The molecule has 168 valence electrons. The molecule has 1 aromatic heterocycles. The van der Waals surface area contributed by atoms with Crippen LogP contribution >= 0.6 is 35.5 Å². The average molecular weight is 482 g/mol. The first kappa shape index (κ1) is 25.6. The summed E-state index contributed by atoms with van der Waals surface area (Å²) < 4.78 is 14.2. The summed E-state index contributed by atoms with van der Waals surface area (Å²) in [7, 11) is 4.07. The molecule has 2 aromatic carbocycles. The number of carbonyl (C=O) groups excluding carboxylic acids is 1. The third kappa shape index (κ3) is 7.17. The van der Waals surface area contributed by atoms with Crippen molar-refractivity contribution >= 4 is 56.8 Å². The Morgan fingerprint density at radius 1 is 1.10 bits per heavy atom. The minimum atomic E-state index is -0.246. The van der Waals surface area contributed by atoms with E-state index in [-0.39, 0.29) is 24.1 Å². The molecular formula is C23H29ClFN3OS2. The molecule has 0 aliphatic carbocycles. The normalized spacial score (nSPS) is 11.0. The zero-order valence-corrected chi connectivity index (χ0v) is 20.8. The predicted octanol–water partition coefficient (Wildman–Crippen LogP) is 5.94.